The molecule has 0 bridgehead atoms. The maximum atomic E-state index is 13.3. The van der Waals surface area contributed by atoms with Gasteiger partial charge in [-0.25, -0.2) is 4.98 Å². The van der Waals surface area contributed by atoms with Crippen molar-refractivity contribution >= 4 is 50.5 Å². The highest BCUT2D eigenvalue weighted by Gasteiger charge is 2.29. The highest BCUT2D eigenvalue weighted by Crippen LogP contribution is 2.34. The maximum absolute atomic E-state index is 13.3. The third-order valence-corrected chi connectivity index (χ3v) is 7.65. The summed E-state index contributed by atoms with van der Waals surface area (Å²) in [5.41, 5.74) is 2.57. The summed E-state index contributed by atoms with van der Waals surface area (Å²) in [4.78, 5) is 58.3. The molecule has 1 N–H and O–H groups in total. The lowest BCUT2D eigenvalue weighted by molar-refractivity contribution is -0.125. The predicted molar refractivity (Wildman–Crippen MR) is 142 cm³/mol. The highest BCUT2D eigenvalue weighted by atomic mass is 32.1. The lowest BCUT2D eigenvalue weighted by Crippen LogP contribution is -2.42. The van der Waals surface area contributed by atoms with E-state index in [0.29, 0.717) is 43.3 Å². The van der Waals surface area contributed by atoms with Gasteiger partial charge < -0.3 is 15.0 Å². The Hall–Kier alpha value is -4.31. The Balaban J connectivity index is 1.43. The van der Waals surface area contributed by atoms with E-state index >= 15 is 0 Å². The molecule has 1 aliphatic heterocycles. The van der Waals surface area contributed by atoms with Crippen molar-refractivity contribution in [2.45, 2.75) is 33.4 Å². The number of likely N-dealkylation sites (N-methyl/N-ethyl adjacent to an activating group) is 1. The number of hydrogen-bond donors (Lipinski definition) is 1. The largest absolute Gasteiger partial charge is 0.479 e. The van der Waals surface area contributed by atoms with Crippen LogP contribution in [-0.2, 0) is 11.3 Å². The van der Waals surface area contributed by atoms with E-state index in [0.717, 1.165) is 16.9 Å². The standard InChI is InChI=1S/C27H24N4O5S/c1-14-7-5-6-8-18(14)29-24(33)23-15(2)22-25(37-23)28-13-31(27(22)35)12-20(32)17-9-10-21-19(11-17)30(4)26(34)16(3)36-21/h5-11,13,16H,12H2,1-4H3,(H,29,33). The Morgan fingerprint density at radius 3 is 2.65 bits per heavy atom. The summed E-state index contributed by atoms with van der Waals surface area (Å²) in [6.45, 7) is 5.03. The van der Waals surface area contributed by atoms with Crippen molar-refractivity contribution in [3.05, 3.63) is 80.7 Å². The first-order valence-corrected chi connectivity index (χ1v) is 12.4. The predicted octanol–water partition coefficient (Wildman–Crippen LogP) is 3.95. The van der Waals surface area contributed by atoms with Crippen molar-refractivity contribution in [3.8, 4) is 5.75 Å². The van der Waals surface area contributed by atoms with Crippen LogP contribution in [-0.4, -0.2) is 40.3 Å². The van der Waals surface area contributed by atoms with Gasteiger partial charge in [0.2, 0.25) is 0 Å². The molecule has 0 radical (unpaired) electrons. The van der Waals surface area contributed by atoms with Gasteiger partial charge in [-0.3, -0.25) is 23.7 Å². The van der Waals surface area contributed by atoms with Crippen molar-refractivity contribution < 1.29 is 19.1 Å². The molecule has 5 rings (SSSR count). The number of ether oxygens (including phenoxy) is 1. The minimum atomic E-state index is -0.604. The van der Waals surface area contributed by atoms with Crippen LogP contribution in [0, 0.1) is 13.8 Å². The van der Waals surface area contributed by atoms with E-state index in [4.69, 9.17) is 4.74 Å². The molecule has 2 aromatic carbocycles. The van der Waals surface area contributed by atoms with Gasteiger partial charge in [0.05, 0.1) is 28.8 Å². The number of nitrogens with one attached hydrogen (secondary N) is 1. The number of hydrogen-bond acceptors (Lipinski definition) is 7. The van der Waals surface area contributed by atoms with Crippen LogP contribution in [0.1, 0.15) is 38.1 Å². The van der Waals surface area contributed by atoms with Crippen LogP contribution in [0.15, 0.2) is 53.6 Å². The zero-order valence-electron chi connectivity index (χ0n) is 20.7. The molecular weight excluding hydrogens is 492 g/mol. The van der Waals surface area contributed by atoms with Crippen LogP contribution in [0.3, 0.4) is 0 Å². The van der Waals surface area contributed by atoms with E-state index in [1.807, 2.05) is 31.2 Å². The van der Waals surface area contributed by atoms with Crippen LogP contribution in [0.4, 0.5) is 11.4 Å². The number of para-hydroxylation sites is 1. The van der Waals surface area contributed by atoms with E-state index in [-0.39, 0.29) is 24.1 Å². The Morgan fingerprint density at radius 2 is 1.89 bits per heavy atom. The Bertz CT molecular complexity index is 1650. The maximum Gasteiger partial charge on any atom is 0.267 e. The monoisotopic (exact) mass is 516 g/mol. The van der Waals surface area contributed by atoms with Crippen LogP contribution >= 0.6 is 11.3 Å². The smallest absolute Gasteiger partial charge is 0.267 e. The third-order valence-electron chi connectivity index (χ3n) is 6.46. The molecule has 0 fully saturated rings. The number of benzene rings is 2. The van der Waals surface area contributed by atoms with Gasteiger partial charge in [-0.2, -0.15) is 0 Å². The van der Waals surface area contributed by atoms with Crippen LogP contribution in [0.25, 0.3) is 10.2 Å². The molecule has 3 heterocycles. The van der Waals surface area contributed by atoms with Crippen molar-refractivity contribution in [2.75, 3.05) is 17.3 Å². The number of amides is 2. The van der Waals surface area contributed by atoms with Crippen molar-refractivity contribution in [1.29, 1.82) is 0 Å². The van der Waals surface area contributed by atoms with Crippen LogP contribution in [0.5, 0.6) is 5.75 Å². The molecule has 188 valence electrons. The van der Waals surface area contributed by atoms with Gasteiger partial charge in [0.1, 0.15) is 10.6 Å². The molecule has 1 atom stereocenters. The summed E-state index contributed by atoms with van der Waals surface area (Å²) in [7, 11) is 1.63. The molecule has 4 aromatic rings. The number of rotatable bonds is 5. The lowest BCUT2D eigenvalue weighted by Gasteiger charge is -2.30. The molecular formula is C27H24N4O5S. The summed E-state index contributed by atoms with van der Waals surface area (Å²) in [6, 6.07) is 12.3. The summed E-state index contributed by atoms with van der Waals surface area (Å²) in [6.07, 6.45) is 0.716. The topological polar surface area (TPSA) is 111 Å². The summed E-state index contributed by atoms with van der Waals surface area (Å²) < 4.78 is 6.85. The normalized spacial score (nSPS) is 14.9. The molecule has 0 aliphatic carbocycles. The molecule has 0 saturated carbocycles. The number of thiophene rings is 1. The van der Waals surface area contributed by atoms with Crippen molar-refractivity contribution in [2.24, 2.45) is 0 Å². The molecule has 9 nitrogen and oxygen atoms in total. The van der Waals surface area contributed by atoms with Crippen LogP contribution < -0.4 is 20.5 Å². The first kappa shape index (κ1) is 24.4. The number of aryl methyl sites for hydroxylation is 2. The van der Waals surface area contributed by atoms with Gasteiger partial charge in [0.25, 0.3) is 17.4 Å². The molecule has 2 amide bonds. The van der Waals surface area contributed by atoms with Gasteiger partial charge in [-0.05, 0) is 56.2 Å². The van der Waals surface area contributed by atoms with E-state index < -0.39 is 11.7 Å². The quantitative estimate of drug-likeness (QED) is 0.402. The number of carbonyl (C=O) groups is 3. The molecule has 1 unspecified atom stereocenters. The van der Waals surface area contributed by atoms with Gasteiger partial charge >= 0.3 is 0 Å². The first-order valence-electron chi connectivity index (χ1n) is 11.6. The molecule has 0 saturated heterocycles. The molecule has 10 heteroatoms. The molecule has 37 heavy (non-hydrogen) atoms. The average molecular weight is 517 g/mol. The second-order valence-corrected chi connectivity index (χ2v) is 9.95. The number of carbonyl (C=O) groups excluding carboxylic acids is 3. The SMILES string of the molecule is Cc1ccccc1NC(=O)c1sc2ncn(CC(=O)c3ccc4c(c3)N(C)C(=O)C(C)O4)c(=O)c2c1C. The fraction of sp³-hybridized carbons (Fsp3) is 0.222. The zero-order chi connectivity index (χ0) is 26.4. The molecule has 1 aliphatic rings. The number of aromatic nitrogens is 2. The minimum absolute atomic E-state index is 0.210. The number of Topliss-reactive ketones (excluding diaryl/α,β-unsaturated/α-hetero) is 1. The second-order valence-electron chi connectivity index (χ2n) is 8.95. The highest BCUT2D eigenvalue weighted by molar-refractivity contribution is 7.20. The fourth-order valence-corrected chi connectivity index (χ4v) is 5.35. The minimum Gasteiger partial charge on any atom is -0.479 e. The summed E-state index contributed by atoms with van der Waals surface area (Å²) in [5, 5.41) is 3.21. The van der Waals surface area contributed by atoms with Gasteiger partial charge in [0, 0.05) is 18.3 Å². The average Bonchev–Trinajstić information content (AvgIpc) is 3.22. The number of ketones is 1. The lowest BCUT2D eigenvalue weighted by atomic mass is 10.1. The third kappa shape index (κ3) is 4.29. The van der Waals surface area contributed by atoms with Gasteiger partial charge in [-0.15, -0.1) is 11.3 Å². The first-order chi connectivity index (χ1) is 17.7. The zero-order valence-corrected chi connectivity index (χ0v) is 21.5. The second kappa shape index (κ2) is 9.29. The molecule has 0 spiro atoms. The van der Waals surface area contributed by atoms with E-state index in [1.165, 1.54) is 15.8 Å². The van der Waals surface area contributed by atoms with E-state index in [9.17, 15) is 19.2 Å². The number of anilines is 2. The fourth-order valence-electron chi connectivity index (χ4n) is 4.31. The summed E-state index contributed by atoms with van der Waals surface area (Å²) in [5.74, 6) is -0.341. The molecule has 2 aromatic heterocycles. The van der Waals surface area contributed by atoms with Crippen molar-refractivity contribution in [1.82, 2.24) is 9.55 Å². The Kier molecular flexibility index (Phi) is 6.12. The van der Waals surface area contributed by atoms with E-state index in [2.05, 4.69) is 10.3 Å². The van der Waals surface area contributed by atoms with Gasteiger partial charge in [-0.1, -0.05) is 18.2 Å². The number of fused-ring (bicyclic) bond motifs is 2. The Labute approximate surface area is 216 Å². The number of nitrogens with zero attached hydrogens (tertiary/aromatic N) is 3. The van der Waals surface area contributed by atoms with Gasteiger partial charge in [0.15, 0.2) is 11.9 Å². The summed E-state index contributed by atoms with van der Waals surface area (Å²) >= 11 is 1.14. The van der Waals surface area contributed by atoms with E-state index in [1.54, 1.807) is 39.1 Å². The van der Waals surface area contributed by atoms with Crippen LogP contribution in [0.2, 0.25) is 0 Å². The van der Waals surface area contributed by atoms with Crippen molar-refractivity contribution in [3.63, 3.8) is 0 Å². The Morgan fingerprint density at radius 1 is 1.14 bits per heavy atom.